The average molecular weight is 291 g/mol. The van der Waals surface area contributed by atoms with Gasteiger partial charge in [0.25, 0.3) is 5.91 Å². The monoisotopic (exact) mass is 291 g/mol. The van der Waals surface area contributed by atoms with E-state index in [0.717, 1.165) is 9.13 Å². The standard InChI is InChI=1S/C8H3ClINO/c9-7-5-3-11-8(12)4(5)1-2-6(7)10/h1-3H. The van der Waals surface area contributed by atoms with Crippen molar-refractivity contribution in [2.75, 3.05) is 0 Å². The minimum Gasteiger partial charge on any atom is -0.267 e. The van der Waals surface area contributed by atoms with E-state index in [9.17, 15) is 4.79 Å². The number of halogens is 2. The number of carbonyl (C=O) groups is 1. The molecule has 0 unspecified atom stereocenters. The zero-order valence-electron chi connectivity index (χ0n) is 5.84. The molecule has 60 valence electrons. The number of aliphatic imine (C=N–C) groups is 1. The van der Waals surface area contributed by atoms with Gasteiger partial charge in [-0.15, -0.1) is 0 Å². The highest BCUT2D eigenvalue weighted by atomic mass is 127. The van der Waals surface area contributed by atoms with Gasteiger partial charge in [-0.3, -0.25) is 4.79 Å². The van der Waals surface area contributed by atoms with Crippen molar-refractivity contribution in [3.63, 3.8) is 0 Å². The van der Waals surface area contributed by atoms with E-state index in [2.05, 4.69) is 27.6 Å². The Kier molecular flexibility index (Phi) is 1.92. The Balaban J connectivity index is 2.75. The van der Waals surface area contributed by atoms with Crippen LogP contribution in [-0.2, 0) is 0 Å². The van der Waals surface area contributed by atoms with Gasteiger partial charge in [0.15, 0.2) is 0 Å². The summed E-state index contributed by atoms with van der Waals surface area (Å²) in [5.41, 5.74) is 1.34. The highest BCUT2D eigenvalue weighted by Crippen LogP contribution is 2.27. The van der Waals surface area contributed by atoms with E-state index in [1.807, 2.05) is 6.07 Å². The molecule has 1 aliphatic rings. The number of benzene rings is 1. The molecule has 1 aromatic rings. The summed E-state index contributed by atoms with van der Waals surface area (Å²) >= 11 is 8.07. The SMILES string of the molecule is O=C1N=Cc2c1ccc(I)c2Cl. The van der Waals surface area contributed by atoms with Crippen LogP contribution in [0.25, 0.3) is 0 Å². The Bertz CT molecular complexity index is 400. The summed E-state index contributed by atoms with van der Waals surface area (Å²) in [6, 6.07) is 3.56. The third-order valence-corrected chi connectivity index (χ3v) is 3.30. The van der Waals surface area contributed by atoms with Crippen molar-refractivity contribution in [3.05, 3.63) is 31.9 Å². The number of nitrogens with zero attached hydrogens (tertiary/aromatic N) is 1. The molecule has 2 nitrogen and oxygen atoms in total. The second kappa shape index (κ2) is 2.81. The first-order valence-electron chi connectivity index (χ1n) is 3.26. The van der Waals surface area contributed by atoms with Gasteiger partial charge in [-0.05, 0) is 34.7 Å². The molecule has 0 radical (unpaired) electrons. The maximum atomic E-state index is 11.1. The third-order valence-electron chi connectivity index (χ3n) is 1.67. The highest BCUT2D eigenvalue weighted by molar-refractivity contribution is 14.1. The predicted octanol–water partition coefficient (Wildman–Crippen LogP) is 2.52. The number of fused-ring (bicyclic) bond motifs is 1. The fourth-order valence-corrected chi connectivity index (χ4v) is 1.76. The topological polar surface area (TPSA) is 29.4 Å². The van der Waals surface area contributed by atoms with Gasteiger partial charge in [-0.2, -0.15) is 0 Å². The van der Waals surface area contributed by atoms with E-state index in [-0.39, 0.29) is 5.91 Å². The first kappa shape index (κ1) is 8.19. The molecule has 0 fully saturated rings. The molecule has 0 spiro atoms. The first-order valence-corrected chi connectivity index (χ1v) is 4.72. The van der Waals surface area contributed by atoms with Crippen LogP contribution in [0.5, 0.6) is 0 Å². The lowest BCUT2D eigenvalue weighted by Gasteiger charge is -1.99. The van der Waals surface area contributed by atoms with Gasteiger partial charge in [0.2, 0.25) is 0 Å². The van der Waals surface area contributed by atoms with Crippen molar-refractivity contribution in [2.45, 2.75) is 0 Å². The van der Waals surface area contributed by atoms with Crippen LogP contribution in [0.2, 0.25) is 5.02 Å². The van der Waals surface area contributed by atoms with Crippen molar-refractivity contribution in [1.29, 1.82) is 0 Å². The smallest absolute Gasteiger partial charge is 0.267 e. The van der Waals surface area contributed by atoms with Crippen molar-refractivity contribution >= 4 is 46.3 Å². The number of amides is 1. The number of rotatable bonds is 0. The average Bonchev–Trinajstić information content (AvgIpc) is 2.41. The molecular formula is C8H3ClINO. The van der Waals surface area contributed by atoms with Gasteiger partial charge in [0.05, 0.1) is 10.6 Å². The van der Waals surface area contributed by atoms with Gasteiger partial charge in [-0.1, -0.05) is 11.6 Å². The third kappa shape index (κ3) is 1.08. The maximum absolute atomic E-state index is 11.1. The zero-order valence-corrected chi connectivity index (χ0v) is 8.76. The van der Waals surface area contributed by atoms with Gasteiger partial charge in [-0.25, -0.2) is 4.99 Å². The highest BCUT2D eigenvalue weighted by Gasteiger charge is 2.18. The quantitative estimate of drug-likeness (QED) is 0.675. The first-order chi connectivity index (χ1) is 5.70. The second-order valence-electron chi connectivity index (χ2n) is 2.39. The van der Waals surface area contributed by atoms with Crippen LogP contribution in [0.4, 0.5) is 0 Å². The van der Waals surface area contributed by atoms with Gasteiger partial charge in [0.1, 0.15) is 0 Å². The van der Waals surface area contributed by atoms with E-state index >= 15 is 0 Å². The lowest BCUT2D eigenvalue weighted by molar-refractivity contribution is 0.101. The Morgan fingerprint density at radius 1 is 1.42 bits per heavy atom. The normalized spacial score (nSPS) is 13.7. The molecule has 1 amide bonds. The fraction of sp³-hybridized carbons (Fsp3) is 0. The van der Waals surface area contributed by atoms with Crippen molar-refractivity contribution < 1.29 is 4.79 Å². The van der Waals surface area contributed by atoms with Crippen LogP contribution in [-0.4, -0.2) is 12.1 Å². The van der Waals surface area contributed by atoms with Crippen LogP contribution in [0, 0.1) is 3.57 Å². The molecule has 0 aliphatic carbocycles. The molecule has 0 aromatic heterocycles. The second-order valence-corrected chi connectivity index (χ2v) is 3.93. The molecule has 0 saturated heterocycles. The summed E-state index contributed by atoms with van der Waals surface area (Å²) in [5.74, 6) is -0.205. The Morgan fingerprint density at radius 2 is 2.17 bits per heavy atom. The Labute approximate surface area is 87.8 Å². The summed E-state index contributed by atoms with van der Waals surface area (Å²) in [4.78, 5) is 14.7. The van der Waals surface area contributed by atoms with Crippen LogP contribution >= 0.6 is 34.2 Å². The maximum Gasteiger partial charge on any atom is 0.277 e. The summed E-state index contributed by atoms with van der Waals surface area (Å²) in [7, 11) is 0. The molecule has 0 atom stereocenters. The van der Waals surface area contributed by atoms with Crippen LogP contribution in [0.1, 0.15) is 15.9 Å². The lowest BCUT2D eigenvalue weighted by Crippen LogP contribution is -1.93. The Morgan fingerprint density at radius 3 is 2.92 bits per heavy atom. The van der Waals surface area contributed by atoms with Crippen molar-refractivity contribution in [2.24, 2.45) is 4.99 Å². The van der Waals surface area contributed by atoms with Gasteiger partial charge in [0, 0.05) is 15.3 Å². The van der Waals surface area contributed by atoms with E-state index in [1.54, 1.807) is 6.07 Å². The summed E-state index contributed by atoms with van der Waals surface area (Å²) < 4.78 is 0.939. The molecule has 1 aromatic carbocycles. The predicted molar refractivity (Wildman–Crippen MR) is 56.1 cm³/mol. The van der Waals surface area contributed by atoms with Crippen LogP contribution in [0.15, 0.2) is 17.1 Å². The van der Waals surface area contributed by atoms with Gasteiger partial charge < -0.3 is 0 Å². The van der Waals surface area contributed by atoms with E-state index < -0.39 is 0 Å². The largest absolute Gasteiger partial charge is 0.277 e. The minimum atomic E-state index is -0.205. The molecular weight excluding hydrogens is 288 g/mol. The van der Waals surface area contributed by atoms with Crippen molar-refractivity contribution in [1.82, 2.24) is 0 Å². The molecule has 1 heterocycles. The summed E-state index contributed by atoms with van der Waals surface area (Å²) in [6.45, 7) is 0. The molecule has 0 bridgehead atoms. The molecule has 1 aliphatic heterocycles. The number of carbonyl (C=O) groups excluding carboxylic acids is 1. The molecule has 12 heavy (non-hydrogen) atoms. The van der Waals surface area contributed by atoms with Crippen LogP contribution in [0.3, 0.4) is 0 Å². The number of hydrogen-bond donors (Lipinski definition) is 0. The Hall–Kier alpha value is -0.420. The van der Waals surface area contributed by atoms with E-state index in [4.69, 9.17) is 11.6 Å². The van der Waals surface area contributed by atoms with E-state index in [0.29, 0.717) is 10.6 Å². The van der Waals surface area contributed by atoms with Crippen molar-refractivity contribution in [3.8, 4) is 0 Å². The molecule has 0 saturated carbocycles. The molecule has 2 rings (SSSR count). The molecule has 0 N–H and O–H groups in total. The van der Waals surface area contributed by atoms with Crippen LogP contribution < -0.4 is 0 Å². The minimum absolute atomic E-state index is 0.205. The summed E-state index contributed by atoms with van der Waals surface area (Å²) in [6.07, 6.45) is 1.52. The van der Waals surface area contributed by atoms with E-state index in [1.165, 1.54) is 6.21 Å². The fourth-order valence-electron chi connectivity index (χ4n) is 1.07. The summed E-state index contributed by atoms with van der Waals surface area (Å²) in [5, 5.41) is 0.614. The zero-order chi connectivity index (χ0) is 8.72. The lowest BCUT2D eigenvalue weighted by atomic mass is 10.1. The van der Waals surface area contributed by atoms with Gasteiger partial charge >= 0.3 is 0 Å². The molecule has 4 heteroatoms. The number of hydrogen-bond acceptors (Lipinski definition) is 1.